The van der Waals surface area contributed by atoms with Gasteiger partial charge in [0, 0.05) is 16.8 Å². The molecule has 0 radical (unpaired) electrons. The van der Waals surface area contributed by atoms with E-state index in [0.717, 1.165) is 6.42 Å². The van der Waals surface area contributed by atoms with Crippen molar-refractivity contribution in [2.24, 2.45) is 0 Å². The predicted molar refractivity (Wildman–Crippen MR) is 89.8 cm³/mol. The molecule has 1 N–H and O–H groups in total. The zero-order valence-corrected chi connectivity index (χ0v) is 12.8. The molecule has 1 aromatic heterocycles. The highest BCUT2D eigenvalue weighted by atomic mass is 32.1. The first-order chi connectivity index (χ1) is 10.3. The quantitative estimate of drug-likeness (QED) is 0.723. The smallest absolute Gasteiger partial charge is 0.0795 e. The molecule has 0 aliphatic rings. The van der Waals surface area contributed by atoms with Gasteiger partial charge in [-0.25, -0.2) is 0 Å². The Morgan fingerprint density at radius 3 is 2.57 bits per heavy atom. The van der Waals surface area contributed by atoms with E-state index in [0.29, 0.717) is 0 Å². The van der Waals surface area contributed by atoms with Crippen molar-refractivity contribution in [3.63, 3.8) is 0 Å². The lowest BCUT2D eigenvalue weighted by molar-refractivity contribution is 0.899. The monoisotopic (exact) mass is 294 g/mol. The Hall–Kier alpha value is -2.13. The van der Waals surface area contributed by atoms with Gasteiger partial charge in [0.1, 0.15) is 0 Å². The fourth-order valence-corrected chi connectivity index (χ4v) is 3.00. The second-order valence-electron chi connectivity index (χ2n) is 5.09. The number of anilines is 1. The van der Waals surface area contributed by atoms with Gasteiger partial charge in [0.15, 0.2) is 0 Å². The van der Waals surface area contributed by atoms with Crippen LogP contribution < -0.4 is 5.32 Å². The molecule has 21 heavy (non-hydrogen) atoms. The molecule has 0 fully saturated rings. The summed E-state index contributed by atoms with van der Waals surface area (Å²) in [6.07, 6.45) is 2.88. The highest BCUT2D eigenvalue weighted by Gasteiger charge is 2.09. The zero-order chi connectivity index (χ0) is 14.5. The summed E-state index contributed by atoms with van der Waals surface area (Å²) in [7, 11) is 0. The molecule has 0 amide bonds. The van der Waals surface area contributed by atoms with E-state index >= 15 is 0 Å². The van der Waals surface area contributed by atoms with Crippen LogP contribution >= 0.6 is 11.3 Å². The predicted octanol–water partition coefficient (Wildman–Crippen LogP) is 4.91. The second-order valence-corrected chi connectivity index (χ2v) is 6.01. The molecule has 0 aliphatic carbocycles. The van der Waals surface area contributed by atoms with Gasteiger partial charge in [0.25, 0.3) is 0 Å². The summed E-state index contributed by atoms with van der Waals surface area (Å²) in [5.41, 5.74) is 5.73. The van der Waals surface area contributed by atoms with E-state index in [1.165, 1.54) is 21.7 Å². The van der Waals surface area contributed by atoms with E-state index in [-0.39, 0.29) is 6.04 Å². The molecule has 0 aliphatic heterocycles. The van der Waals surface area contributed by atoms with Crippen LogP contribution in [0.15, 0.2) is 66.3 Å². The molecular formula is C18H18N2S. The third-order valence-corrected chi connectivity index (χ3v) is 4.46. The van der Waals surface area contributed by atoms with Crippen molar-refractivity contribution in [3.8, 4) is 0 Å². The maximum atomic E-state index is 4.15. The second kappa shape index (κ2) is 6.55. The number of hydrogen-bond donors (Lipinski definition) is 1. The lowest BCUT2D eigenvalue weighted by Crippen LogP contribution is -2.07. The third-order valence-electron chi connectivity index (χ3n) is 3.50. The first-order valence-electron chi connectivity index (χ1n) is 7.09. The van der Waals surface area contributed by atoms with Crippen LogP contribution in [-0.4, -0.2) is 4.98 Å². The molecule has 1 atom stereocenters. The Morgan fingerprint density at radius 2 is 1.81 bits per heavy atom. The van der Waals surface area contributed by atoms with E-state index in [9.17, 15) is 0 Å². The average Bonchev–Trinajstić information content (AvgIpc) is 3.05. The number of para-hydroxylation sites is 1. The van der Waals surface area contributed by atoms with Crippen molar-refractivity contribution >= 4 is 17.0 Å². The maximum Gasteiger partial charge on any atom is 0.0795 e. The van der Waals surface area contributed by atoms with E-state index in [4.69, 9.17) is 0 Å². The number of thiazole rings is 1. The van der Waals surface area contributed by atoms with Crippen LogP contribution in [0.25, 0.3) is 0 Å². The van der Waals surface area contributed by atoms with Crippen molar-refractivity contribution in [2.75, 3.05) is 5.32 Å². The first-order valence-corrected chi connectivity index (χ1v) is 7.97. The Balaban J connectivity index is 1.79. The highest BCUT2D eigenvalue weighted by Crippen LogP contribution is 2.25. The lowest BCUT2D eigenvalue weighted by Gasteiger charge is -2.17. The van der Waals surface area contributed by atoms with E-state index in [1.54, 1.807) is 11.3 Å². The summed E-state index contributed by atoms with van der Waals surface area (Å²) >= 11 is 1.69. The van der Waals surface area contributed by atoms with Gasteiger partial charge in [-0.2, -0.15) is 0 Å². The summed E-state index contributed by atoms with van der Waals surface area (Å²) in [5, 5.41) is 3.60. The van der Waals surface area contributed by atoms with Gasteiger partial charge in [-0.15, -0.1) is 11.3 Å². The van der Waals surface area contributed by atoms with Gasteiger partial charge in [0.2, 0.25) is 0 Å². The van der Waals surface area contributed by atoms with E-state index < -0.39 is 0 Å². The van der Waals surface area contributed by atoms with Crippen LogP contribution in [0.4, 0.5) is 5.69 Å². The molecule has 0 saturated heterocycles. The average molecular weight is 294 g/mol. The zero-order valence-electron chi connectivity index (χ0n) is 12.0. The van der Waals surface area contributed by atoms with Crippen LogP contribution in [0.3, 0.4) is 0 Å². The molecule has 0 saturated carbocycles. The van der Waals surface area contributed by atoms with Gasteiger partial charge in [0.05, 0.1) is 11.6 Å². The summed E-state index contributed by atoms with van der Waals surface area (Å²) in [5.74, 6) is 0. The summed E-state index contributed by atoms with van der Waals surface area (Å²) in [6.45, 7) is 2.17. The molecule has 2 nitrogen and oxygen atoms in total. The first kappa shape index (κ1) is 13.8. The number of benzene rings is 2. The molecular weight excluding hydrogens is 276 g/mol. The molecule has 2 aromatic carbocycles. The Morgan fingerprint density at radius 1 is 1.05 bits per heavy atom. The minimum atomic E-state index is 0.273. The van der Waals surface area contributed by atoms with Gasteiger partial charge in [-0.3, -0.25) is 4.98 Å². The molecule has 3 heteroatoms. The standard InChI is InChI=1S/C18H18N2S/c1-14(18-12-19-13-21-18)20-17-10-6-5-9-16(17)11-15-7-3-2-4-8-15/h2-10,12-14,20H,11H2,1H3. The minimum absolute atomic E-state index is 0.273. The molecule has 0 spiro atoms. The number of nitrogens with zero attached hydrogens (tertiary/aromatic N) is 1. The van der Waals surface area contributed by atoms with Crippen molar-refractivity contribution in [2.45, 2.75) is 19.4 Å². The van der Waals surface area contributed by atoms with Gasteiger partial charge in [-0.05, 0) is 30.5 Å². The Kier molecular flexibility index (Phi) is 4.31. The summed E-state index contributed by atoms with van der Waals surface area (Å²) in [4.78, 5) is 5.41. The fraction of sp³-hybridized carbons (Fsp3) is 0.167. The third kappa shape index (κ3) is 3.50. The molecule has 0 bridgehead atoms. The minimum Gasteiger partial charge on any atom is -0.377 e. The van der Waals surface area contributed by atoms with Crippen molar-refractivity contribution < 1.29 is 0 Å². The van der Waals surface area contributed by atoms with Crippen LogP contribution in [-0.2, 0) is 6.42 Å². The van der Waals surface area contributed by atoms with Crippen molar-refractivity contribution in [3.05, 3.63) is 82.3 Å². The van der Waals surface area contributed by atoms with Gasteiger partial charge < -0.3 is 5.32 Å². The van der Waals surface area contributed by atoms with Crippen LogP contribution in [0, 0.1) is 0 Å². The number of nitrogens with one attached hydrogen (secondary N) is 1. The summed E-state index contributed by atoms with van der Waals surface area (Å²) < 4.78 is 0. The topological polar surface area (TPSA) is 24.9 Å². The fourth-order valence-electron chi connectivity index (χ4n) is 2.37. The SMILES string of the molecule is CC(Nc1ccccc1Cc1ccccc1)c1cncs1. The van der Waals surface area contributed by atoms with Crippen molar-refractivity contribution in [1.29, 1.82) is 0 Å². The molecule has 3 aromatic rings. The van der Waals surface area contributed by atoms with Crippen molar-refractivity contribution in [1.82, 2.24) is 4.98 Å². The number of rotatable bonds is 5. The molecule has 3 rings (SSSR count). The van der Waals surface area contributed by atoms with Crippen LogP contribution in [0.2, 0.25) is 0 Å². The number of aromatic nitrogens is 1. The van der Waals surface area contributed by atoms with Gasteiger partial charge >= 0.3 is 0 Å². The number of hydrogen-bond acceptors (Lipinski definition) is 3. The maximum absolute atomic E-state index is 4.15. The van der Waals surface area contributed by atoms with Gasteiger partial charge in [-0.1, -0.05) is 48.5 Å². The Bertz CT molecular complexity index is 677. The summed E-state index contributed by atoms with van der Waals surface area (Å²) in [6, 6.07) is 19.4. The Labute approximate surface area is 129 Å². The van der Waals surface area contributed by atoms with Crippen LogP contribution in [0.5, 0.6) is 0 Å². The molecule has 106 valence electrons. The van der Waals surface area contributed by atoms with Crippen LogP contribution in [0.1, 0.15) is 29.0 Å². The molecule has 1 unspecified atom stereocenters. The molecule has 1 heterocycles. The highest BCUT2D eigenvalue weighted by molar-refractivity contribution is 7.09. The van der Waals surface area contributed by atoms with E-state index in [2.05, 4.69) is 71.8 Å². The lowest BCUT2D eigenvalue weighted by atomic mass is 10.0. The van der Waals surface area contributed by atoms with E-state index in [1.807, 2.05) is 11.7 Å². The largest absolute Gasteiger partial charge is 0.377 e. The normalized spacial score (nSPS) is 12.0.